The predicted octanol–water partition coefficient (Wildman–Crippen LogP) is 0.792. The van der Waals surface area contributed by atoms with Crippen LogP contribution in [0.3, 0.4) is 0 Å². The first-order chi connectivity index (χ1) is 7.59. The molecular formula is C11H17N3O2. The van der Waals surface area contributed by atoms with Gasteiger partial charge in [-0.15, -0.1) is 0 Å². The monoisotopic (exact) mass is 223 g/mol. The second-order valence-electron chi connectivity index (χ2n) is 4.52. The third-order valence-corrected chi connectivity index (χ3v) is 3.20. The summed E-state index contributed by atoms with van der Waals surface area (Å²) < 4.78 is 4.97. The van der Waals surface area contributed by atoms with E-state index in [1.165, 1.54) is 0 Å². The number of nitrogens with zero attached hydrogens (tertiary/aromatic N) is 2. The number of nitrogens with two attached hydrogens (primary N) is 1. The summed E-state index contributed by atoms with van der Waals surface area (Å²) in [6.45, 7) is 5.28. The van der Waals surface area contributed by atoms with E-state index in [-0.39, 0.29) is 11.9 Å². The van der Waals surface area contributed by atoms with Crippen molar-refractivity contribution in [3.05, 3.63) is 17.5 Å². The Labute approximate surface area is 94.6 Å². The van der Waals surface area contributed by atoms with Crippen molar-refractivity contribution in [3.8, 4) is 0 Å². The van der Waals surface area contributed by atoms with E-state index >= 15 is 0 Å². The standard InChI is InChI=1S/C11H17N3O2/c1-7-5-13-16-10(7)11(15)14-4-3-9(12)8(2)6-14/h5,8-9H,3-4,6,12H2,1-2H3. The molecule has 2 atom stereocenters. The van der Waals surface area contributed by atoms with Gasteiger partial charge in [-0.1, -0.05) is 12.1 Å². The zero-order valence-corrected chi connectivity index (χ0v) is 9.64. The normalized spacial score (nSPS) is 25.8. The van der Waals surface area contributed by atoms with Crippen LogP contribution in [-0.4, -0.2) is 35.1 Å². The molecule has 2 unspecified atom stereocenters. The summed E-state index contributed by atoms with van der Waals surface area (Å²) in [6.07, 6.45) is 2.41. The van der Waals surface area contributed by atoms with Crippen LogP contribution in [0.1, 0.15) is 29.5 Å². The van der Waals surface area contributed by atoms with E-state index in [1.807, 2.05) is 6.92 Å². The second kappa shape index (κ2) is 4.25. The molecular weight excluding hydrogens is 206 g/mol. The minimum atomic E-state index is -0.0752. The number of hydrogen-bond donors (Lipinski definition) is 1. The molecule has 2 N–H and O–H groups in total. The highest BCUT2D eigenvalue weighted by Crippen LogP contribution is 2.18. The predicted molar refractivity (Wildman–Crippen MR) is 58.9 cm³/mol. The van der Waals surface area contributed by atoms with E-state index in [9.17, 15) is 4.79 Å². The molecule has 88 valence electrons. The Morgan fingerprint density at radius 1 is 1.69 bits per heavy atom. The second-order valence-corrected chi connectivity index (χ2v) is 4.52. The molecule has 2 rings (SSSR count). The zero-order valence-electron chi connectivity index (χ0n) is 9.64. The third-order valence-electron chi connectivity index (χ3n) is 3.20. The van der Waals surface area contributed by atoms with Gasteiger partial charge in [0.25, 0.3) is 5.91 Å². The highest BCUT2D eigenvalue weighted by atomic mass is 16.5. The Balaban J connectivity index is 2.09. The number of aryl methyl sites for hydroxylation is 1. The maximum Gasteiger partial charge on any atom is 0.292 e. The van der Waals surface area contributed by atoms with E-state index < -0.39 is 0 Å². The van der Waals surface area contributed by atoms with Crippen molar-refractivity contribution in [1.29, 1.82) is 0 Å². The number of likely N-dealkylation sites (tertiary alicyclic amines) is 1. The molecule has 0 radical (unpaired) electrons. The highest BCUT2D eigenvalue weighted by molar-refractivity contribution is 5.92. The van der Waals surface area contributed by atoms with E-state index in [0.29, 0.717) is 24.8 Å². The Kier molecular flexibility index (Phi) is 2.96. The van der Waals surface area contributed by atoms with E-state index in [4.69, 9.17) is 10.3 Å². The maximum atomic E-state index is 12.1. The molecule has 0 spiro atoms. The van der Waals surface area contributed by atoms with Crippen molar-refractivity contribution < 1.29 is 9.32 Å². The number of hydrogen-bond acceptors (Lipinski definition) is 4. The van der Waals surface area contributed by atoms with Gasteiger partial charge in [0.15, 0.2) is 0 Å². The summed E-state index contributed by atoms with van der Waals surface area (Å²) in [6, 6.07) is 0.194. The van der Waals surface area contributed by atoms with Crippen LogP contribution >= 0.6 is 0 Å². The number of carbonyl (C=O) groups excluding carboxylic acids is 1. The van der Waals surface area contributed by atoms with Gasteiger partial charge in [-0.2, -0.15) is 0 Å². The van der Waals surface area contributed by atoms with Crippen molar-refractivity contribution in [2.75, 3.05) is 13.1 Å². The number of carbonyl (C=O) groups is 1. The SMILES string of the molecule is Cc1cnoc1C(=O)N1CCC(N)C(C)C1. The number of piperidine rings is 1. The Hall–Kier alpha value is -1.36. The molecule has 0 bridgehead atoms. The van der Waals surface area contributed by atoms with Gasteiger partial charge in [0.1, 0.15) is 0 Å². The van der Waals surface area contributed by atoms with Gasteiger partial charge in [0.2, 0.25) is 5.76 Å². The van der Waals surface area contributed by atoms with E-state index in [2.05, 4.69) is 12.1 Å². The zero-order chi connectivity index (χ0) is 11.7. The minimum Gasteiger partial charge on any atom is -0.351 e. The fourth-order valence-electron chi connectivity index (χ4n) is 1.99. The first kappa shape index (κ1) is 11.1. The van der Waals surface area contributed by atoms with Crippen LogP contribution in [0.25, 0.3) is 0 Å². The lowest BCUT2D eigenvalue weighted by molar-refractivity contribution is 0.0621. The molecule has 1 fully saturated rings. The topological polar surface area (TPSA) is 72.4 Å². The molecule has 1 saturated heterocycles. The van der Waals surface area contributed by atoms with Crippen LogP contribution < -0.4 is 5.73 Å². The summed E-state index contributed by atoms with van der Waals surface area (Å²) in [5.74, 6) is 0.609. The average Bonchev–Trinajstić information content (AvgIpc) is 2.67. The molecule has 1 aromatic rings. The summed E-state index contributed by atoms with van der Waals surface area (Å²) in [4.78, 5) is 13.9. The molecule has 5 nitrogen and oxygen atoms in total. The largest absolute Gasteiger partial charge is 0.351 e. The van der Waals surface area contributed by atoms with Crippen LogP contribution in [0, 0.1) is 12.8 Å². The van der Waals surface area contributed by atoms with Gasteiger partial charge >= 0.3 is 0 Å². The molecule has 0 aliphatic carbocycles. The summed E-state index contributed by atoms with van der Waals surface area (Å²) >= 11 is 0. The van der Waals surface area contributed by atoms with Crippen LogP contribution in [0.4, 0.5) is 0 Å². The molecule has 2 heterocycles. The molecule has 5 heteroatoms. The quantitative estimate of drug-likeness (QED) is 0.764. The van der Waals surface area contributed by atoms with Crippen LogP contribution in [0.2, 0.25) is 0 Å². The van der Waals surface area contributed by atoms with Crippen LogP contribution in [0.5, 0.6) is 0 Å². The maximum absolute atomic E-state index is 12.1. The number of aromatic nitrogens is 1. The van der Waals surface area contributed by atoms with Crippen molar-refractivity contribution in [3.63, 3.8) is 0 Å². The number of amides is 1. The molecule has 1 amide bonds. The van der Waals surface area contributed by atoms with Gasteiger partial charge in [0.05, 0.1) is 6.20 Å². The Morgan fingerprint density at radius 3 is 3.00 bits per heavy atom. The van der Waals surface area contributed by atoms with Crippen LogP contribution in [-0.2, 0) is 0 Å². The minimum absolute atomic E-state index is 0.0752. The van der Waals surface area contributed by atoms with Gasteiger partial charge in [-0.25, -0.2) is 0 Å². The lowest BCUT2D eigenvalue weighted by Gasteiger charge is -2.34. The first-order valence-electron chi connectivity index (χ1n) is 5.55. The van der Waals surface area contributed by atoms with E-state index in [0.717, 1.165) is 12.0 Å². The highest BCUT2D eigenvalue weighted by Gasteiger charge is 2.29. The summed E-state index contributed by atoms with van der Waals surface area (Å²) in [7, 11) is 0. The fourth-order valence-corrected chi connectivity index (χ4v) is 1.99. The van der Waals surface area contributed by atoms with Gasteiger partial charge in [-0.05, 0) is 19.3 Å². The van der Waals surface area contributed by atoms with Crippen molar-refractivity contribution in [2.24, 2.45) is 11.7 Å². The Morgan fingerprint density at radius 2 is 2.44 bits per heavy atom. The molecule has 1 aromatic heterocycles. The first-order valence-corrected chi connectivity index (χ1v) is 5.55. The third kappa shape index (κ3) is 1.95. The smallest absolute Gasteiger partial charge is 0.292 e. The lowest BCUT2D eigenvalue weighted by Crippen LogP contribution is -2.48. The van der Waals surface area contributed by atoms with Crippen molar-refractivity contribution >= 4 is 5.91 Å². The molecule has 0 aromatic carbocycles. The molecule has 0 saturated carbocycles. The molecule has 1 aliphatic rings. The summed E-state index contributed by atoms with van der Waals surface area (Å²) in [5, 5.41) is 3.62. The number of rotatable bonds is 1. The lowest BCUT2D eigenvalue weighted by atomic mass is 9.94. The van der Waals surface area contributed by atoms with Crippen molar-refractivity contribution in [2.45, 2.75) is 26.3 Å². The summed E-state index contributed by atoms with van der Waals surface area (Å²) in [5.41, 5.74) is 6.70. The Bertz CT molecular complexity index is 388. The van der Waals surface area contributed by atoms with Crippen molar-refractivity contribution in [1.82, 2.24) is 10.1 Å². The molecule has 16 heavy (non-hydrogen) atoms. The molecule has 1 aliphatic heterocycles. The van der Waals surface area contributed by atoms with Gasteiger partial charge in [0, 0.05) is 24.7 Å². The average molecular weight is 223 g/mol. The fraction of sp³-hybridized carbons (Fsp3) is 0.636. The van der Waals surface area contributed by atoms with Gasteiger partial charge < -0.3 is 15.2 Å². The van der Waals surface area contributed by atoms with Crippen LogP contribution in [0.15, 0.2) is 10.7 Å². The van der Waals surface area contributed by atoms with Gasteiger partial charge in [-0.3, -0.25) is 4.79 Å². The van der Waals surface area contributed by atoms with E-state index in [1.54, 1.807) is 11.1 Å².